The molecule has 1 atom stereocenters. The fourth-order valence-electron chi connectivity index (χ4n) is 4.00. The van der Waals surface area contributed by atoms with E-state index in [2.05, 4.69) is 9.97 Å². The zero-order valence-corrected chi connectivity index (χ0v) is 16.4. The molecule has 1 aliphatic rings. The summed E-state index contributed by atoms with van der Waals surface area (Å²) in [4.78, 5) is 22.7. The smallest absolute Gasteiger partial charge is 0.417 e. The van der Waals surface area contributed by atoms with Crippen LogP contribution in [0.15, 0.2) is 42.7 Å². The van der Waals surface area contributed by atoms with Gasteiger partial charge in [-0.25, -0.2) is 9.37 Å². The molecule has 1 aromatic carbocycles. The first-order valence-corrected chi connectivity index (χ1v) is 9.75. The van der Waals surface area contributed by atoms with E-state index in [1.165, 1.54) is 18.2 Å². The minimum atomic E-state index is -4.45. The molecule has 0 aliphatic carbocycles. The number of fused-ring (bicyclic) bond motifs is 1. The quantitative estimate of drug-likeness (QED) is 0.604. The molecule has 2 N–H and O–H groups in total. The van der Waals surface area contributed by atoms with E-state index >= 15 is 0 Å². The van der Waals surface area contributed by atoms with E-state index < -0.39 is 29.6 Å². The lowest BCUT2D eigenvalue weighted by atomic mass is 10.0. The van der Waals surface area contributed by atoms with E-state index in [1.807, 2.05) is 9.80 Å². The molecule has 4 rings (SSSR count). The molecule has 6 nitrogen and oxygen atoms in total. The highest BCUT2D eigenvalue weighted by atomic mass is 19.4. The molecular weight excluding hydrogens is 416 g/mol. The standard InChI is InChI=1S/C21H20F4N4O2/c22-14-3-4-15-16(12-26-17(15)10-14)19(20(30)31)29-7-1-6-28(8-9-29)18-5-2-13(11-27-18)21(23,24)25/h2-5,10-12,19,26H,1,6-9H2,(H,30,31)/t19-/m0/s1. The highest BCUT2D eigenvalue weighted by Crippen LogP contribution is 2.31. The van der Waals surface area contributed by atoms with Gasteiger partial charge in [0, 0.05) is 55.0 Å². The van der Waals surface area contributed by atoms with Crippen LogP contribution >= 0.6 is 0 Å². The van der Waals surface area contributed by atoms with Gasteiger partial charge in [0.15, 0.2) is 0 Å². The number of anilines is 1. The molecule has 3 heterocycles. The number of pyridine rings is 1. The van der Waals surface area contributed by atoms with Gasteiger partial charge in [-0.1, -0.05) is 0 Å². The van der Waals surface area contributed by atoms with Gasteiger partial charge in [-0.15, -0.1) is 0 Å². The van der Waals surface area contributed by atoms with Crippen LogP contribution in [0.4, 0.5) is 23.4 Å². The second-order valence-electron chi connectivity index (χ2n) is 7.45. The molecule has 31 heavy (non-hydrogen) atoms. The average Bonchev–Trinajstić information content (AvgIpc) is 2.96. The number of hydrogen-bond donors (Lipinski definition) is 2. The molecule has 3 aromatic rings. The Balaban J connectivity index is 1.54. The number of aromatic amines is 1. The maximum atomic E-state index is 13.5. The Morgan fingerprint density at radius 2 is 1.94 bits per heavy atom. The zero-order valence-electron chi connectivity index (χ0n) is 16.4. The minimum Gasteiger partial charge on any atom is -0.480 e. The molecule has 10 heteroatoms. The van der Waals surface area contributed by atoms with Crippen LogP contribution in [-0.4, -0.2) is 52.1 Å². The van der Waals surface area contributed by atoms with E-state index in [4.69, 9.17) is 0 Å². The van der Waals surface area contributed by atoms with E-state index in [-0.39, 0.29) is 0 Å². The molecule has 164 valence electrons. The van der Waals surface area contributed by atoms with Gasteiger partial charge in [-0.3, -0.25) is 9.69 Å². The average molecular weight is 436 g/mol. The molecule has 0 saturated carbocycles. The summed E-state index contributed by atoms with van der Waals surface area (Å²) in [5.41, 5.74) is 0.254. The van der Waals surface area contributed by atoms with Gasteiger partial charge in [-0.05, 0) is 36.8 Å². The third-order valence-corrected chi connectivity index (χ3v) is 5.50. The third kappa shape index (κ3) is 4.34. The summed E-state index contributed by atoms with van der Waals surface area (Å²) in [6.07, 6.45) is -1.44. The van der Waals surface area contributed by atoms with Crippen molar-refractivity contribution >= 4 is 22.7 Å². The molecule has 1 aliphatic heterocycles. The van der Waals surface area contributed by atoms with Crippen molar-refractivity contribution in [2.75, 3.05) is 31.1 Å². The Kier molecular flexibility index (Phi) is 5.57. The van der Waals surface area contributed by atoms with Gasteiger partial charge < -0.3 is 15.0 Å². The maximum absolute atomic E-state index is 13.5. The number of nitrogens with one attached hydrogen (secondary N) is 1. The molecule has 1 fully saturated rings. The number of aliphatic carboxylic acids is 1. The lowest BCUT2D eigenvalue weighted by Crippen LogP contribution is -2.37. The summed E-state index contributed by atoms with van der Waals surface area (Å²) in [6, 6.07) is 5.57. The molecule has 0 bridgehead atoms. The topological polar surface area (TPSA) is 72.5 Å². The summed E-state index contributed by atoms with van der Waals surface area (Å²) in [5.74, 6) is -1.02. The Hall–Kier alpha value is -3.14. The lowest BCUT2D eigenvalue weighted by Gasteiger charge is -2.27. The SMILES string of the molecule is O=C(O)[C@H](c1c[nH]c2cc(F)ccc12)N1CCCN(c2ccc(C(F)(F)F)cn2)CC1. The molecule has 0 unspecified atom stereocenters. The fourth-order valence-corrected chi connectivity index (χ4v) is 4.00. The van der Waals surface area contributed by atoms with Crippen LogP contribution < -0.4 is 4.90 Å². The van der Waals surface area contributed by atoms with Gasteiger partial charge in [0.25, 0.3) is 0 Å². The molecule has 0 spiro atoms. The molecular formula is C21H20F4N4O2. The Bertz CT molecular complexity index is 1080. The van der Waals surface area contributed by atoms with Crippen LogP contribution in [0.1, 0.15) is 23.6 Å². The van der Waals surface area contributed by atoms with Gasteiger partial charge in [0.1, 0.15) is 17.7 Å². The number of halogens is 4. The highest BCUT2D eigenvalue weighted by molar-refractivity contribution is 5.89. The first-order valence-electron chi connectivity index (χ1n) is 9.75. The van der Waals surface area contributed by atoms with Crippen molar-refractivity contribution < 1.29 is 27.5 Å². The van der Waals surface area contributed by atoms with E-state index in [0.717, 1.165) is 12.3 Å². The number of alkyl halides is 3. The number of carbonyl (C=O) groups is 1. The van der Waals surface area contributed by atoms with E-state index in [9.17, 15) is 27.5 Å². The lowest BCUT2D eigenvalue weighted by molar-refractivity contribution is -0.143. The van der Waals surface area contributed by atoms with Gasteiger partial charge in [-0.2, -0.15) is 13.2 Å². The summed E-state index contributed by atoms with van der Waals surface area (Å²) >= 11 is 0. The molecule has 0 amide bonds. The minimum absolute atomic E-state index is 0.382. The van der Waals surface area contributed by atoms with Crippen LogP contribution in [0.2, 0.25) is 0 Å². The normalized spacial score (nSPS) is 17.0. The highest BCUT2D eigenvalue weighted by Gasteiger charge is 2.33. The first-order chi connectivity index (χ1) is 14.7. The van der Waals surface area contributed by atoms with Crippen LogP contribution in [-0.2, 0) is 11.0 Å². The van der Waals surface area contributed by atoms with Crippen LogP contribution in [0.5, 0.6) is 0 Å². The van der Waals surface area contributed by atoms with Crippen molar-refractivity contribution in [1.29, 1.82) is 0 Å². The number of benzene rings is 1. The van der Waals surface area contributed by atoms with E-state index in [1.54, 1.807) is 12.3 Å². The monoisotopic (exact) mass is 436 g/mol. The zero-order chi connectivity index (χ0) is 22.2. The number of nitrogens with zero attached hydrogens (tertiary/aromatic N) is 3. The first kappa shape index (κ1) is 21.1. The summed E-state index contributed by atoms with van der Waals surface area (Å²) in [5, 5.41) is 10.6. The third-order valence-electron chi connectivity index (χ3n) is 5.50. The van der Waals surface area contributed by atoms with E-state index in [0.29, 0.717) is 54.9 Å². The number of hydrogen-bond acceptors (Lipinski definition) is 4. The molecule has 2 aromatic heterocycles. The van der Waals surface area contributed by atoms with Crippen molar-refractivity contribution in [3.05, 3.63) is 59.7 Å². The van der Waals surface area contributed by atoms with Gasteiger partial charge in [0.2, 0.25) is 0 Å². The van der Waals surface area contributed by atoms with Crippen LogP contribution in [0.3, 0.4) is 0 Å². The number of carboxylic acids is 1. The fraction of sp³-hybridized carbons (Fsp3) is 0.333. The van der Waals surface area contributed by atoms with Crippen molar-refractivity contribution in [2.24, 2.45) is 0 Å². The Morgan fingerprint density at radius 3 is 2.61 bits per heavy atom. The molecule has 0 radical (unpaired) electrons. The maximum Gasteiger partial charge on any atom is 0.417 e. The van der Waals surface area contributed by atoms with Crippen molar-refractivity contribution in [3.63, 3.8) is 0 Å². The van der Waals surface area contributed by atoms with Crippen molar-refractivity contribution in [1.82, 2.24) is 14.9 Å². The second kappa shape index (κ2) is 8.18. The predicted molar refractivity (Wildman–Crippen MR) is 106 cm³/mol. The Labute approximate surface area is 175 Å². The van der Waals surface area contributed by atoms with Crippen LogP contribution in [0.25, 0.3) is 10.9 Å². The van der Waals surface area contributed by atoms with Crippen molar-refractivity contribution in [2.45, 2.75) is 18.6 Å². The Morgan fingerprint density at radius 1 is 1.13 bits per heavy atom. The predicted octanol–water partition coefficient (Wildman–Crippen LogP) is 4.06. The molecule has 1 saturated heterocycles. The van der Waals surface area contributed by atoms with Crippen LogP contribution in [0, 0.1) is 5.82 Å². The second-order valence-corrected chi connectivity index (χ2v) is 7.45. The van der Waals surface area contributed by atoms with Crippen molar-refractivity contribution in [3.8, 4) is 0 Å². The number of carboxylic acid groups (broad SMARTS) is 1. The van der Waals surface area contributed by atoms with Gasteiger partial charge >= 0.3 is 12.1 Å². The number of H-pyrrole nitrogens is 1. The number of aromatic nitrogens is 2. The summed E-state index contributed by atoms with van der Waals surface area (Å²) < 4.78 is 51.8. The largest absolute Gasteiger partial charge is 0.480 e. The summed E-state index contributed by atoms with van der Waals surface area (Å²) in [6.45, 7) is 1.83. The number of rotatable bonds is 4. The summed E-state index contributed by atoms with van der Waals surface area (Å²) in [7, 11) is 0. The van der Waals surface area contributed by atoms with Gasteiger partial charge in [0.05, 0.1) is 5.56 Å².